The molecule has 0 bridgehead atoms. The Morgan fingerprint density at radius 2 is 1.67 bits per heavy atom. The maximum atomic E-state index is 11.6. The molecule has 1 N–H and O–H groups in total. The van der Waals surface area contributed by atoms with Crippen LogP contribution in [-0.4, -0.2) is 4.98 Å². The van der Waals surface area contributed by atoms with Crippen molar-refractivity contribution in [1.29, 1.82) is 0 Å². The molecule has 0 aliphatic rings. The van der Waals surface area contributed by atoms with Crippen molar-refractivity contribution < 1.29 is 4.57 Å². The third-order valence-electron chi connectivity index (χ3n) is 2.94. The number of nitrogens with zero attached hydrogens (tertiary/aromatic N) is 1. The van der Waals surface area contributed by atoms with Gasteiger partial charge in [0.2, 0.25) is 11.7 Å². The molecule has 0 saturated carbocycles. The second kappa shape index (κ2) is 4.45. The first-order valence-electron chi connectivity index (χ1n) is 5.88. The Morgan fingerprint density at radius 1 is 0.944 bits per heavy atom. The minimum Gasteiger partial charge on any atom is -0.312 e. The van der Waals surface area contributed by atoms with Crippen LogP contribution < -0.4 is 10.1 Å². The van der Waals surface area contributed by atoms with Crippen LogP contribution in [0.1, 0.15) is 5.56 Å². The number of benzene rings is 2. The van der Waals surface area contributed by atoms with Crippen molar-refractivity contribution in [2.45, 2.75) is 6.54 Å². The molecule has 3 nitrogen and oxygen atoms in total. The number of hydrogen-bond acceptors (Lipinski definition) is 1. The lowest BCUT2D eigenvalue weighted by atomic mass is 10.2. The summed E-state index contributed by atoms with van der Waals surface area (Å²) in [5, 5.41) is 0. The molecular formula is C15H13N2O+. The number of fused-ring (bicyclic) bond motifs is 1. The molecule has 0 amide bonds. The second-order valence-electron chi connectivity index (χ2n) is 4.25. The third-order valence-corrected chi connectivity index (χ3v) is 2.94. The van der Waals surface area contributed by atoms with Gasteiger partial charge in [0.25, 0.3) is 0 Å². The van der Waals surface area contributed by atoms with Gasteiger partial charge in [0, 0.05) is 11.6 Å². The number of nitrogens with one attached hydrogen (secondary N) is 1. The van der Waals surface area contributed by atoms with Gasteiger partial charge in [-0.05, 0) is 6.07 Å². The highest BCUT2D eigenvalue weighted by Gasteiger charge is 2.10. The van der Waals surface area contributed by atoms with Crippen molar-refractivity contribution in [2.75, 3.05) is 0 Å². The zero-order chi connectivity index (χ0) is 12.4. The fraction of sp³-hybridized carbons (Fsp3) is 0.0667. The SMILES string of the molecule is O=c1c[n+](Cc2ccccc2)c2ccccc2[nH]1. The van der Waals surface area contributed by atoms with Gasteiger partial charge in [-0.25, -0.2) is 0 Å². The predicted molar refractivity (Wildman–Crippen MR) is 70.3 cm³/mol. The molecule has 18 heavy (non-hydrogen) atoms. The summed E-state index contributed by atoms with van der Waals surface area (Å²) in [7, 11) is 0. The van der Waals surface area contributed by atoms with Crippen LogP contribution in [0, 0.1) is 0 Å². The molecule has 0 radical (unpaired) electrons. The molecule has 2 aromatic carbocycles. The van der Waals surface area contributed by atoms with E-state index in [2.05, 4.69) is 17.1 Å². The van der Waals surface area contributed by atoms with E-state index in [9.17, 15) is 4.79 Å². The molecule has 0 saturated heterocycles. The van der Waals surface area contributed by atoms with E-state index in [-0.39, 0.29) is 5.56 Å². The number of H-pyrrole nitrogens is 1. The van der Waals surface area contributed by atoms with E-state index in [1.54, 1.807) is 6.20 Å². The fourth-order valence-electron chi connectivity index (χ4n) is 2.12. The topological polar surface area (TPSA) is 36.7 Å². The normalized spacial score (nSPS) is 10.7. The molecule has 3 aromatic rings. The maximum Gasteiger partial charge on any atom is 0.312 e. The standard InChI is InChI=1S/C15H12N2O/c18-15-11-17(10-12-6-2-1-3-7-12)14-9-5-4-8-13(14)16-15/h1-9,11H,10H2/p+1. The first kappa shape index (κ1) is 10.7. The highest BCUT2D eigenvalue weighted by atomic mass is 16.1. The van der Waals surface area contributed by atoms with E-state index in [0.717, 1.165) is 11.0 Å². The number of hydrogen-bond donors (Lipinski definition) is 1. The van der Waals surface area contributed by atoms with E-state index >= 15 is 0 Å². The van der Waals surface area contributed by atoms with E-state index < -0.39 is 0 Å². The largest absolute Gasteiger partial charge is 0.312 e. The average Bonchev–Trinajstić information content (AvgIpc) is 2.40. The van der Waals surface area contributed by atoms with Crippen molar-refractivity contribution >= 4 is 11.0 Å². The summed E-state index contributed by atoms with van der Waals surface area (Å²) in [5.74, 6) is 0. The van der Waals surface area contributed by atoms with E-state index in [1.807, 2.05) is 47.0 Å². The van der Waals surface area contributed by atoms with E-state index in [4.69, 9.17) is 0 Å². The van der Waals surface area contributed by atoms with Gasteiger partial charge in [0.1, 0.15) is 5.52 Å². The first-order chi connectivity index (χ1) is 8.83. The van der Waals surface area contributed by atoms with Crippen molar-refractivity contribution in [1.82, 2.24) is 4.98 Å². The summed E-state index contributed by atoms with van der Waals surface area (Å²) in [6.07, 6.45) is 1.61. The minimum atomic E-state index is -0.0790. The van der Waals surface area contributed by atoms with Crippen molar-refractivity contribution in [3.63, 3.8) is 0 Å². The Labute approximate surface area is 104 Å². The molecule has 3 rings (SSSR count). The summed E-state index contributed by atoms with van der Waals surface area (Å²) in [6.45, 7) is 0.700. The highest BCUT2D eigenvalue weighted by Crippen LogP contribution is 2.05. The molecular weight excluding hydrogens is 224 g/mol. The Morgan fingerprint density at radius 3 is 2.50 bits per heavy atom. The van der Waals surface area contributed by atoms with Gasteiger partial charge in [0.05, 0.1) is 0 Å². The minimum absolute atomic E-state index is 0.0790. The van der Waals surface area contributed by atoms with Crippen LogP contribution in [-0.2, 0) is 6.54 Å². The van der Waals surface area contributed by atoms with Crippen LogP contribution in [0.2, 0.25) is 0 Å². The summed E-state index contributed by atoms with van der Waals surface area (Å²) in [4.78, 5) is 14.5. The number of aromatic amines is 1. The molecule has 88 valence electrons. The van der Waals surface area contributed by atoms with Gasteiger partial charge in [0.15, 0.2) is 6.54 Å². The predicted octanol–water partition coefficient (Wildman–Crippen LogP) is 1.86. The second-order valence-corrected chi connectivity index (χ2v) is 4.25. The lowest BCUT2D eigenvalue weighted by molar-refractivity contribution is -0.663. The molecule has 0 atom stereocenters. The summed E-state index contributed by atoms with van der Waals surface area (Å²) < 4.78 is 1.98. The van der Waals surface area contributed by atoms with Gasteiger partial charge in [-0.15, -0.1) is 0 Å². The summed E-state index contributed by atoms with van der Waals surface area (Å²) in [5.41, 5.74) is 2.99. The molecule has 0 fully saturated rings. The van der Waals surface area contributed by atoms with Crippen molar-refractivity contribution in [2.24, 2.45) is 0 Å². The average molecular weight is 237 g/mol. The van der Waals surface area contributed by atoms with Gasteiger partial charge in [-0.2, -0.15) is 4.57 Å². The highest BCUT2D eigenvalue weighted by molar-refractivity contribution is 5.69. The van der Waals surface area contributed by atoms with E-state index in [1.165, 1.54) is 5.56 Å². The van der Waals surface area contributed by atoms with Gasteiger partial charge in [-0.3, -0.25) is 4.79 Å². The first-order valence-corrected chi connectivity index (χ1v) is 5.88. The number of para-hydroxylation sites is 2. The fourth-order valence-corrected chi connectivity index (χ4v) is 2.12. The Bertz CT molecular complexity index is 732. The molecule has 0 spiro atoms. The lowest BCUT2D eigenvalue weighted by Crippen LogP contribution is -2.39. The van der Waals surface area contributed by atoms with Crippen molar-refractivity contribution in [3.8, 4) is 0 Å². The van der Waals surface area contributed by atoms with E-state index in [0.29, 0.717) is 6.54 Å². The molecule has 0 aliphatic heterocycles. The molecule has 3 heteroatoms. The van der Waals surface area contributed by atoms with Crippen LogP contribution in [0.15, 0.2) is 65.6 Å². The Balaban J connectivity index is 2.14. The lowest BCUT2D eigenvalue weighted by Gasteiger charge is -2.01. The van der Waals surface area contributed by atoms with Gasteiger partial charge < -0.3 is 4.98 Å². The zero-order valence-electron chi connectivity index (χ0n) is 9.84. The maximum absolute atomic E-state index is 11.6. The van der Waals surface area contributed by atoms with Crippen molar-refractivity contribution in [3.05, 3.63) is 76.7 Å². The molecule has 0 unspecified atom stereocenters. The van der Waals surface area contributed by atoms with Crippen LogP contribution in [0.4, 0.5) is 0 Å². The van der Waals surface area contributed by atoms with Crippen LogP contribution in [0.5, 0.6) is 0 Å². The van der Waals surface area contributed by atoms with Crippen LogP contribution >= 0.6 is 0 Å². The zero-order valence-corrected chi connectivity index (χ0v) is 9.84. The van der Waals surface area contributed by atoms with Crippen LogP contribution in [0.25, 0.3) is 11.0 Å². The molecule has 1 heterocycles. The third kappa shape index (κ3) is 2.02. The summed E-state index contributed by atoms with van der Waals surface area (Å²) in [6, 6.07) is 17.9. The number of aromatic nitrogens is 2. The number of rotatable bonds is 2. The molecule has 0 aliphatic carbocycles. The Hall–Kier alpha value is -2.42. The monoisotopic (exact) mass is 237 g/mol. The summed E-state index contributed by atoms with van der Waals surface area (Å²) >= 11 is 0. The Kier molecular flexibility index (Phi) is 2.65. The quantitative estimate of drug-likeness (QED) is 0.679. The van der Waals surface area contributed by atoms with Gasteiger partial charge >= 0.3 is 5.56 Å². The molecule has 1 aromatic heterocycles. The van der Waals surface area contributed by atoms with Crippen LogP contribution in [0.3, 0.4) is 0 Å². The van der Waals surface area contributed by atoms with Gasteiger partial charge in [-0.1, -0.05) is 42.5 Å². The smallest absolute Gasteiger partial charge is 0.312 e.